The zero-order valence-electron chi connectivity index (χ0n) is 11.3. The van der Waals surface area contributed by atoms with Crippen molar-refractivity contribution in [1.29, 1.82) is 0 Å². The molecule has 0 spiro atoms. The van der Waals surface area contributed by atoms with E-state index in [1.54, 1.807) is 0 Å². The quantitative estimate of drug-likeness (QED) is 0.815. The van der Waals surface area contributed by atoms with Gasteiger partial charge in [0.2, 0.25) is 5.91 Å². The molecule has 1 saturated heterocycles. The summed E-state index contributed by atoms with van der Waals surface area (Å²) in [4.78, 5) is 9.44. The first-order valence-electron chi connectivity index (χ1n) is 6.59. The van der Waals surface area contributed by atoms with Gasteiger partial charge in [-0.3, -0.25) is 4.79 Å². The van der Waals surface area contributed by atoms with Gasteiger partial charge >= 0.3 is 0 Å². The zero-order chi connectivity index (χ0) is 13.9. The third-order valence-electron chi connectivity index (χ3n) is 2.49. The van der Waals surface area contributed by atoms with Crippen LogP contribution in [0.5, 0.6) is 0 Å². The highest BCUT2D eigenvalue weighted by Crippen LogP contribution is 2.11. The van der Waals surface area contributed by atoms with Crippen molar-refractivity contribution in [1.82, 2.24) is 5.32 Å². The van der Waals surface area contributed by atoms with E-state index >= 15 is 0 Å². The molecule has 0 unspecified atom stereocenters. The van der Waals surface area contributed by atoms with Gasteiger partial charge in [-0.05, 0) is 17.2 Å². The number of nitrogens with one attached hydrogen (secondary N) is 1. The Hall–Kier alpha value is -1.87. The lowest BCUT2D eigenvalue weighted by Gasteiger charge is -1.92. The number of carbonyl (C=O) groups excluding carboxylic acids is 1. The van der Waals surface area contributed by atoms with Crippen LogP contribution in [-0.4, -0.2) is 24.2 Å². The Morgan fingerprint density at radius 3 is 1.58 bits per heavy atom. The van der Waals surface area contributed by atoms with Gasteiger partial charge in [-0.25, -0.2) is 0 Å². The van der Waals surface area contributed by atoms with E-state index < -0.39 is 0 Å². The third-order valence-corrected chi connectivity index (χ3v) is 2.49. The number of carbonyl (C=O) groups is 1. The van der Waals surface area contributed by atoms with Crippen LogP contribution in [0.4, 0.5) is 0 Å². The lowest BCUT2D eigenvalue weighted by molar-refractivity contribution is -0.110. The minimum absolute atomic E-state index is 0.167. The predicted molar refractivity (Wildman–Crippen MR) is 79.0 cm³/mol. The van der Waals surface area contributed by atoms with Gasteiger partial charge < -0.3 is 10.4 Å². The second kappa shape index (κ2) is 9.11. The summed E-state index contributed by atoms with van der Waals surface area (Å²) in [6.45, 7) is 2.99. The Morgan fingerprint density at radius 1 is 1.05 bits per heavy atom. The number of aliphatic hydroxyl groups excluding tert-OH is 1. The lowest BCUT2D eigenvalue weighted by Crippen LogP contribution is -1.75. The maximum Gasteiger partial charge on any atom is 0.239 e. The molecule has 1 fully saturated rings. The number of fused-ring (bicyclic) bond motifs is 1. The molecule has 2 aromatic carbocycles. The minimum atomic E-state index is 0.167. The topological polar surface area (TPSA) is 59.2 Å². The number of rotatable bonds is 2. The van der Waals surface area contributed by atoms with Crippen molar-refractivity contribution >= 4 is 16.7 Å². The molecule has 0 bridgehead atoms. The average molecular weight is 259 g/mol. The minimum Gasteiger partial charge on any atom is -0.396 e. The summed E-state index contributed by atoms with van der Waals surface area (Å²) in [5.74, 6) is 0.167. The zero-order valence-corrected chi connectivity index (χ0v) is 11.3. The number of hydrogen-bond acceptors (Lipinski definition) is 2. The Bertz CT molecular complexity index is 423. The van der Waals surface area contributed by atoms with E-state index in [0.717, 1.165) is 12.8 Å². The number of unbranched alkanes of at least 4 members (excludes halogenated alkanes) is 1. The van der Waals surface area contributed by atoms with E-state index in [4.69, 9.17) is 5.11 Å². The van der Waals surface area contributed by atoms with Crippen LogP contribution in [0.2, 0.25) is 0 Å². The van der Waals surface area contributed by atoms with E-state index in [-0.39, 0.29) is 5.91 Å². The molecule has 1 amide bonds. The van der Waals surface area contributed by atoms with Crippen molar-refractivity contribution in [2.24, 2.45) is 0 Å². The highest BCUT2D eigenvalue weighted by molar-refractivity contribution is 5.91. The predicted octanol–water partition coefficient (Wildman–Crippen LogP) is 2.73. The van der Waals surface area contributed by atoms with Gasteiger partial charge in [-0.2, -0.15) is 0 Å². The van der Waals surface area contributed by atoms with E-state index in [1.807, 2.05) is 0 Å². The molecule has 1 aliphatic heterocycles. The Labute approximate surface area is 114 Å². The summed E-state index contributed by atoms with van der Waals surface area (Å²) in [6.07, 6.45) is 2.04. The SMILES string of the molecule is CCCCO.O=C1CN1.c1ccc2ccccc2c1. The summed E-state index contributed by atoms with van der Waals surface area (Å²) in [7, 11) is 0. The Balaban J connectivity index is 0.000000169. The molecule has 3 rings (SSSR count). The standard InChI is InChI=1S/C10H8.C4H10O.C2H3NO/c1-2-6-10-8-4-3-7-9(10)5-1;1-2-3-4-5;4-2-1-3-2/h1-8H;5H,2-4H2,1H3;1H2,(H,3,4). The summed E-state index contributed by atoms with van der Waals surface area (Å²) >= 11 is 0. The second-order valence-electron chi connectivity index (χ2n) is 4.20. The van der Waals surface area contributed by atoms with Crippen molar-refractivity contribution < 1.29 is 9.90 Å². The Kier molecular flexibility index (Phi) is 7.28. The second-order valence-corrected chi connectivity index (χ2v) is 4.20. The molecule has 19 heavy (non-hydrogen) atoms. The van der Waals surface area contributed by atoms with Gasteiger partial charge in [0, 0.05) is 6.61 Å². The van der Waals surface area contributed by atoms with E-state index in [9.17, 15) is 4.79 Å². The van der Waals surface area contributed by atoms with E-state index in [1.165, 1.54) is 10.8 Å². The van der Waals surface area contributed by atoms with Gasteiger partial charge in [0.1, 0.15) is 0 Å². The maximum absolute atomic E-state index is 9.44. The molecule has 3 nitrogen and oxygen atoms in total. The Morgan fingerprint density at radius 2 is 1.42 bits per heavy atom. The first-order valence-corrected chi connectivity index (χ1v) is 6.59. The third kappa shape index (κ3) is 7.21. The number of hydrogen-bond donors (Lipinski definition) is 2. The van der Waals surface area contributed by atoms with Crippen LogP contribution >= 0.6 is 0 Å². The van der Waals surface area contributed by atoms with Gasteiger partial charge in [-0.1, -0.05) is 61.9 Å². The molecular formula is C16H21NO2. The molecule has 102 valence electrons. The maximum atomic E-state index is 9.44. The van der Waals surface area contributed by atoms with Crippen LogP contribution in [0.25, 0.3) is 10.8 Å². The normalized spacial score (nSPS) is 11.6. The molecule has 0 aromatic heterocycles. The smallest absolute Gasteiger partial charge is 0.239 e. The van der Waals surface area contributed by atoms with Crippen LogP contribution in [0.15, 0.2) is 48.5 Å². The highest BCUT2D eigenvalue weighted by Gasteiger charge is 2.10. The van der Waals surface area contributed by atoms with Gasteiger partial charge in [0.25, 0.3) is 0 Å². The molecule has 1 aliphatic rings. The molecule has 1 heterocycles. The fourth-order valence-electron chi connectivity index (χ4n) is 1.33. The molecule has 2 aromatic rings. The van der Waals surface area contributed by atoms with Crippen LogP contribution < -0.4 is 5.32 Å². The van der Waals surface area contributed by atoms with Crippen LogP contribution in [-0.2, 0) is 4.79 Å². The van der Waals surface area contributed by atoms with E-state index in [0.29, 0.717) is 13.2 Å². The largest absolute Gasteiger partial charge is 0.396 e. The number of benzene rings is 2. The lowest BCUT2D eigenvalue weighted by atomic mass is 10.1. The molecule has 0 aliphatic carbocycles. The fourth-order valence-corrected chi connectivity index (χ4v) is 1.33. The molecule has 0 saturated carbocycles. The van der Waals surface area contributed by atoms with Crippen LogP contribution in [0.1, 0.15) is 19.8 Å². The van der Waals surface area contributed by atoms with Gasteiger partial charge in [0.15, 0.2) is 0 Å². The molecule has 3 heteroatoms. The monoisotopic (exact) mass is 259 g/mol. The first kappa shape index (κ1) is 15.2. The van der Waals surface area contributed by atoms with Crippen LogP contribution in [0, 0.1) is 0 Å². The number of aliphatic hydroxyl groups is 1. The first-order chi connectivity index (χ1) is 9.27. The number of amides is 1. The molecule has 2 N–H and O–H groups in total. The van der Waals surface area contributed by atoms with Gasteiger partial charge in [-0.15, -0.1) is 0 Å². The summed E-state index contributed by atoms with van der Waals surface area (Å²) in [6, 6.07) is 16.7. The highest BCUT2D eigenvalue weighted by atomic mass is 16.2. The van der Waals surface area contributed by atoms with E-state index in [2.05, 4.69) is 60.8 Å². The molecular weight excluding hydrogens is 238 g/mol. The van der Waals surface area contributed by atoms with Crippen LogP contribution in [0.3, 0.4) is 0 Å². The van der Waals surface area contributed by atoms with Crippen molar-refractivity contribution in [2.75, 3.05) is 13.2 Å². The van der Waals surface area contributed by atoms with Crippen molar-refractivity contribution in [3.63, 3.8) is 0 Å². The summed E-state index contributed by atoms with van der Waals surface area (Å²) in [5.41, 5.74) is 0. The van der Waals surface area contributed by atoms with Crippen molar-refractivity contribution in [2.45, 2.75) is 19.8 Å². The summed E-state index contributed by atoms with van der Waals surface area (Å²) in [5, 5.41) is 13.1. The average Bonchev–Trinajstić information content (AvgIpc) is 3.24. The summed E-state index contributed by atoms with van der Waals surface area (Å²) < 4.78 is 0. The van der Waals surface area contributed by atoms with Gasteiger partial charge in [0.05, 0.1) is 6.54 Å². The molecule has 0 atom stereocenters. The van der Waals surface area contributed by atoms with Crippen molar-refractivity contribution in [3.8, 4) is 0 Å². The fraction of sp³-hybridized carbons (Fsp3) is 0.312. The van der Waals surface area contributed by atoms with Crippen molar-refractivity contribution in [3.05, 3.63) is 48.5 Å². The molecule has 0 radical (unpaired) electrons.